The van der Waals surface area contributed by atoms with Crippen LogP contribution in [0.2, 0.25) is 5.02 Å². The molecule has 0 saturated carbocycles. The summed E-state index contributed by atoms with van der Waals surface area (Å²) < 4.78 is 18.7. The normalized spacial score (nSPS) is 18.4. The van der Waals surface area contributed by atoms with Crippen LogP contribution >= 0.6 is 11.6 Å². The number of benzene rings is 2. The molecular formula is C20H18ClFN2O3. The SMILES string of the molecule is O=C(Nc1ccc2c(c1)N(C(=O)C1CCCO1)CC2)c1ccc(F)cc1Cl. The van der Waals surface area contributed by atoms with Crippen molar-refractivity contribution in [3.63, 3.8) is 0 Å². The fourth-order valence-electron chi connectivity index (χ4n) is 3.50. The van der Waals surface area contributed by atoms with Crippen LogP contribution in [0.4, 0.5) is 15.8 Å². The average molecular weight is 389 g/mol. The molecule has 0 aromatic heterocycles. The molecule has 1 atom stereocenters. The highest BCUT2D eigenvalue weighted by molar-refractivity contribution is 6.34. The van der Waals surface area contributed by atoms with Crippen molar-refractivity contribution >= 4 is 34.8 Å². The zero-order valence-electron chi connectivity index (χ0n) is 14.5. The summed E-state index contributed by atoms with van der Waals surface area (Å²) in [5.74, 6) is -0.969. The van der Waals surface area contributed by atoms with E-state index in [0.717, 1.165) is 36.6 Å². The Bertz CT molecular complexity index is 912. The maximum absolute atomic E-state index is 13.2. The lowest BCUT2D eigenvalue weighted by Crippen LogP contribution is -2.37. The molecule has 27 heavy (non-hydrogen) atoms. The van der Waals surface area contributed by atoms with Crippen LogP contribution in [0.15, 0.2) is 36.4 Å². The van der Waals surface area contributed by atoms with Crippen LogP contribution in [-0.2, 0) is 16.0 Å². The molecule has 2 aromatic carbocycles. The van der Waals surface area contributed by atoms with E-state index in [-0.39, 0.29) is 22.6 Å². The van der Waals surface area contributed by atoms with E-state index < -0.39 is 11.7 Å². The summed E-state index contributed by atoms with van der Waals surface area (Å²) >= 11 is 5.95. The summed E-state index contributed by atoms with van der Waals surface area (Å²) in [7, 11) is 0. The first-order chi connectivity index (χ1) is 13.0. The summed E-state index contributed by atoms with van der Waals surface area (Å²) in [6, 6.07) is 9.10. The summed E-state index contributed by atoms with van der Waals surface area (Å²) in [6.45, 7) is 1.22. The fraction of sp³-hybridized carbons (Fsp3) is 0.300. The lowest BCUT2D eigenvalue weighted by molar-refractivity contribution is -0.127. The van der Waals surface area contributed by atoms with Crippen molar-refractivity contribution in [1.29, 1.82) is 0 Å². The van der Waals surface area contributed by atoms with Crippen molar-refractivity contribution in [1.82, 2.24) is 0 Å². The smallest absolute Gasteiger partial charge is 0.257 e. The molecule has 0 bridgehead atoms. The number of carbonyl (C=O) groups is 2. The Kier molecular flexibility index (Phi) is 4.85. The number of ether oxygens (including phenoxy) is 1. The molecule has 4 rings (SSSR count). The molecule has 2 aliphatic rings. The minimum absolute atomic E-state index is 0.0312. The maximum atomic E-state index is 13.2. The second-order valence-corrected chi connectivity index (χ2v) is 7.07. The van der Waals surface area contributed by atoms with Crippen LogP contribution in [0.5, 0.6) is 0 Å². The quantitative estimate of drug-likeness (QED) is 0.870. The summed E-state index contributed by atoms with van der Waals surface area (Å²) in [4.78, 5) is 26.9. The Balaban J connectivity index is 1.54. The molecule has 1 unspecified atom stereocenters. The third-order valence-corrected chi connectivity index (χ3v) is 5.20. The molecule has 0 spiro atoms. The van der Waals surface area contributed by atoms with Crippen LogP contribution < -0.4 is 10.2 Å². The van der Waals surface area contributed by atoms with Gasteiger partial charge in [0.05, 0.1) is 10.6 Å². The summed E-state index contributed by atoms with van der Waals surface area (Å²) in [5, 5.41) is 2.81. The molecule has 2 aliphatic heterocycles. The standard InChI is InChI=1S/C20H18ClFN2O3/c21-16-10-13(22)4-6-15(16)19(25)23-14-5-3-12-7-8-24(17(12)11-14)20(26)18-2-1-9-27-18/h3-6,10-11,18H,1-2,7-9H2,(H,23,25). The predicted octanol–water partition coefficient (Wildman–Crippen LogP) is 3.80. The Morgan fingerprint density at radius 2 is 2.07 bits per heavy atom. The highest BCUT2D eigenvalue weighted by Crippen LogP contribution is 2.33. The van der Waals surface area contributed by atoms with Gasteiger partial charge in [-0.25, -0.2) is 4.39 Å². The molecule has 2 heterocycles. The predicted molar refractivity (Wildman–Crippen MR) is 101 cm³/mol. The highest BCUT2D eigenvalue weighted by Gasteiger charge is 2.32. The molecule has 0 aliphatic carbocycles. The van der Waals surface area contributed by atoms with Crippen LogP contribution in [-0.4, -0.2) is 31.1 Å². The first-order valence-electron chi connectivity index (χ1n) is 8.85. The summed E-state index contributed by atoms with van der Waals surface area (Å²) in [6.07, 6.45) is 2.02. The average Bonchev–Trinajstić information content (AvgIpc) is 3.31. The van der Waals surface area contributed by atoms with Crippen LogP contribution in [0.25, 0.3) is 0 Å². The number of nitrogens with one attached hydrogen (secondary N) is 1. The van der Waals surface area contributed by atoms with Crippen molar-refractivity contribution in [2.45, 2.75) is 25.4 Å². The summed E-state index contributed by atoms with van der Waals surface area (Å²) in [5.41, 5.74) is 2.58. The van der Waals surface area contributed by atoms with Crippen molar-refractivity contribution in [2.24, 2.45) is 0 Å². The van der Waals surface area contributed by atoms with E-state index in [0.29, 0.717) is 18.8 Å². The van der Waals surface area contributed by atoms with Gasteiger partial charge in [0, 0.05) is 24.5 Å². The van der Waals surface area contributed by atoms with E-state index >= 15 is 0 Å². The van der Waals surface area contributed by atoms with Crippen LogP contribution in [0.3, 0.4) is 0 Å². The minimum Gasteiger partial charge on any atom is -0.368 e. The molecule has 2 aromatic rings. The van der Waals surface area contributed by atoms with E-state index in [9.17, 15) is 14.0 Å². The number of carbonyl (C=O) groups excluding carboxylic acids is 2. The van der Waals surface area contributed by atoms with E-state index in [2.05, 4.69) is 5.32 Å². The van der Waals surface area contributed by atoms with Gasteiger partial charge in [0.25, 0.3) is 11.8 Å². The number of hydrogen-bond acceptors (Lipinski definition) is 3. The number of anilines is 2. The van der Waals surface area contributed by atoms with Gasteiger partial charge in [0.1, 0.15) is 11.9 Å². The molecular weight excluding hydrogens is 371 g/mol. The molecule has 1 fully saturated rings. The zero-order chi connectivity index (χ0) is 19.0. The van der Waals surface area contributed by atoms with E-state index in [4.69, 9.17) is 16.3 Å². The molecule has 2 amide bonds. The van der Waals surface area contributed by atoms with Crippen LogP contribution in [0, 0.1) is 5.82 Å². The fourth-order valence-corrected chi connectivity index (χ4v) is 3.76. The lowest BCUT2D eigenvalue weighted by Gasteiger charge is -2.21. The minimum atomic E-state index is -0.502. The third-order valence-electron chi connectivity index (χ3n) is 4.89. The van der Waals surface area contributed by atoms with Gasteiger partial charge in [-0.05, 0) is 55.2 Å². The van der Waals surface area contributed by atoms with E-state index in [1.54, 1.807) is 17.0 Å². The second kappa shape index (κ2) is 7.29. The van der Waals surface area contributed by atoms with Crippen molar-refractivity contribution in [3.05, 3.63) is 58.4 Å². The van der Waals surface area contributed by atoms with Gasteiger partial charge in [0.15, 0.2) is 0 Å². The molecule has 1 saturated heterocycles. The van der Waals surface area contributed by atoms with Gasteiger partial charge in [-0.2, -0.15) is 0 Å². The topological polar surface area (TPSA) is 58.6 Å². The molecule has 5 nitrogen and oxygen atoms in total. The Labute approximate surface area is 161 Å². The van der Waals surface area contributed by atoms with Gasteiger partial charge in [-0.15, -0.1) is 0 Å². The first-order valence-corrected chi connectivity index (χ1v) is 9.23. The molecule has 1 N–H and O–H groups in total. The van der Waals surface area contributed by atoms with Gasteiger partial charge in [0.2, 0.25) is 0 Å². The second-order valence-electron chi connectivity index (χ2n) is 6.66. The maximum Gasteiger partial charge on any atom is 0.257 e. The first kappa shape index (κ1) is 17.9. The molecule has 0 radical (unpaired) electrons. The van der Waals surface area contributed by atoms with E-state index in [1.807, 2.05) is 6.07 Å². The molecule has 140 valence electrons. The number of rotatable bonds is 3. The van der Waals surface area contributed by atoms with Gasteiger partial charge in [-0.3, -0.25) is 9.59 Å². The van der Waals surface area contributed by atoms with Gasteiger partial charge < -0.3 is 15.0 Å². The van der Waals surface area contributed by atoms with Crippen molar-refractivity contribution in [2.75, 3.05) is 23.4 Å². The number of fused-ring (bicyclic) bond motifs is 1. The molecule has 7 heteroatoms. The lowest BCUT2D eigenvalue weighted by atomic mass is 10.1. The highest BCUT2D eigenvalue weighted by atomic mass is 35.5. The van der Waals surface area contributed by atoms with Gasteiger partial charge >= 0.3 is 0 Å². The number of hydrogen-bond donors (Lipinski definition) is 1. The number of nitrogens with zero attached hydrogens (tertiary/aromatic N) is 1. The monoisotopic (exact) mass is 388 g/mol. The zero-order valence-corrected chi connectivity index (χ0v) is 15.3. The Hall–Kier alpha value is -2.44. The Morgan fingerprint density at radius 3 is 2.81 bits per heavy atom. The van der Waals surface area contributed by atoms with Gasteiger partial charge in [-0.1, -0.05) is 17.7 Å². The van der Waals surface area contributed by atoms with Crippen molar-refractivity contribution in [3.8, 4) is 0 Å². The third kappa shape index (κ3) is 3.55. The van der Waals surface area contributed by atoms with E-state index in [1.165, 1.54) is 12.1 Å². The number of amides is 2. The number of halogens is 2. The van der Waals surface area contributed by atoms with Crippen LogP contribution in [0.1, 0.15) is 28.8 Å². The largest absolute Gasteiger partial charge is 0.368 e. The Morgan fingerprint density at radius 1 is 1.22 bits per heavy atom. The van der Waals surface area contributed by atoms with Crippen molar-refractivity contribution < 1.29 is 18.7 Å².